The van der Waals surface area contributed by atoms with E-state index in [1.165, 1.54) is 25.7 Å². The highest BCUT2D eigenvalue weighted by molar-refractivity contribution is 5.80. The lowest BCUT2D eigenvalue weighted by Crippen LogP contribution is -2.39. The average molecular weight is 385 g/mol. The molecule has 2 N–H and O–H groups in total. The Morgan fingerprint density at radius 2 is 1.93 bits per heavy atom. The molecule has 1 aromatic carbocycles. The van der Waals surface area contributed by atoms with Crippen molar-refractivity contribution < 1.29 is 9.53 Å². The van der Waals surface area contributed by atoms with Crippen molar-refractivity contribution in [1.82, 2.24) is 15.5 Å². The summed E-state index contributed by atoms with van der Waals surface area (Å²) in [4.78, 5) is 18.7. The first-order chi connectivity index (χ1) is 13.7. The van der Waals surface area contributed by atoms with Crippen molar-refractivity contribution in [3.05, 3.63) is 29.8 Å². The van der Waals surface area contributed by atoms with Crippen LogP contribution in [0.5, 0.6) is 5.75 Å². The summed E-state index contributed by atoms with van der Waals surface area (Å²) in [5.41, 5.74) is 1.12. The normalized spacial score (nSPS) is 24.6. The monoisotopic (exact) mass is 384 g/mol. The van der Waals surface area contributed by atoms with E-state index in [9.17, 15) is 4.79 Å². The Morgan fingerprint density at radius 3 is 2.61 bits per heavy atom. The first-order valence-corrected chi connectivity index (χ1v) is 10.7. The molecule has 4 rings (SSSR count). The van der Waals surface area contributed by atoms with Crippen LogP contribution in [0.3, 0.4) is 0 Å². The van der Waals surface area contributed by atoms with Crippen LogP contribution in [0, 0.1) is 11.8 Å². The molecule has 0 bridgehead atoms. The average Bonchev–Trinajstić information content (AvgIpc) is 3.42. The number of benzene rings is 1. The van der Waals surface area contributed by atoms with Crippen molar-refractivity contribution >= 4 is 11.9 Å². The van der Waals surface area contributed by atoms with E-state index in [0.29, 0.717) is 12.6 Å². The summed E-state index contributed by atoms with van der Waals surface area (Å²) < 4.78 is 5.65. The van der Waals surface area contributed by atoms with E-state index in [1.54, 1.807) is 0 Å². The van der Waals surface area contributed by atoms with E-state index >= 15 is 0 Å². The van der Waals surface area contributed by atoms with Crippen molar-refractivity contribution in [3.63, 3.8) is 0 Å². The fraction of sp³-hybridized carbons (Fsp3) is 0.636. The lowest BCUT2D eigenvalue weighted by atomic mass is 9.82. The van der Waals surface area contributed by atoms with Crippen LogP contribution in [0.25, 0.3) is 0 Å². The zero-order chi connectivity index (χ0) is 19.3. The number of guanidine groups is 1. The fourth-order valence-corrected chi connectivity index (χ4v) is 4.48. The molecule has 1 aromatic rings. The van der Waals surface area contributed by atoms with Gasteiger partial charge in [-0.2, -0.15) is 0 Å². The van der Waals surface area contributed by atoms with E-state index in [4.69, 9.17) is 4.74 Å². The van der Waals surface area contributed by atoms with Gasteiger partial charge < -0.3 is 20.3 Å². The molecule has 1 saturated heterocycles. The molecule has 2 aliphatic carbocycles. The third-order valence-corrected chi connectivity index (χ3v) is 6.15. The molecule has 0 aromatic heterocycles. The van der Waals surface area contributed by atoms with Crippen LogP contribution in [0.15, 0.2) is 29.3 Å². The van der Waals surface area contributed by atoms with E-state index in [1.807, 2.05) is 25.2 Å². The van der Waals surface area contributed by atoms with Crippen molar-refractivity contribution in [2.24, 2.45) is 16.8 Å². The van der Waals surface area contributed by atoms with E-state index in [2.05, 4.69) is 26.6 Å². The number of fused-ring (bicyclic) bond motifs is 1. The number of hydrogen-bond acceptors (Lipinski definition) is 3. The van der Waals surface area contributed by atoms with E-state index < -0.39 is 0 Å². The summed E-state index contributed by atoms with van der Waals surface area (Å²) >= 11 is 0. The number of likely N-dealkylation sites (tertiary alicyclic amines) is 1. The van der Waals surface area contributed by atoms with Crippen LogP contribution in [0.1, 0.15) is 44.1 Å². The maximum Gasteiger partial charge on any atom is 0.258 e. The van der Waals surface area contributed by atoms with Gasteiger partial charge in [0.25, 0.3) is 5.91 Å². The molecule has 1 heterocycles. The molecule has 1 amide bonds. The topological polar surface area (TPSA) is 66.0 Å². The number of nitrogens with zero attached hydrogens (tertiary/aromatic N) is 2. The van der Waals surface area contributed by atoms with E-state index in [-0.39, 0.29) is 12.5 Å². The smallest absolute Gasteiger partial charge is 0.258 e. The summed E-state index contributed by atoms with van der Waals surface area (Å²) in [6.45, 7) is 3.03. The first-order valence-electron chi connectivity index (χ1n) is 10.7. The summed E-state index contributed by atoms with van der Waals surface area (Å²) in [5, 5.41) is 6.45. The third-order valence-electron chi connectivity index (χ3n) is 6.15. The van der Waals surface area contributed by atoms with Crippen LogP contribution in [-0.2, 0) is 11.3 Å². The van der Waals surface area contributed by atoms with Crippen molar-refractivity contribution in [2.45, 2.75) is 51.1 Å². The number of carbonyl (C=O) groups excluding carboxylic acids is 1. The van der Waals surface area contributed by atoms with Gasteiger partial charge in [-0.3, -0.25) is 9.79 Å². The number of hydrogen-bond donors (Lipinski definition) is 2. The summed E-state index contributed by atoms with van der Waals surface area (Å²) in [7, 11) is 1.86. The second kappa shape index (κ2) is 8.84. The highest BCUT2D eigenvalue weighted by atomic mass is 16.5. The predicted octanol–water partition coefficient (Wildman–Crippen LogP) is 2.54. The summed E-state index contributed by atoms with van der Waals surface area (Å²) in [5.74, 6) is 3.36. The lowest BCUT2D eigenvalue weighted by Gasteiger charge is -2.22. The van der Waals surface area contributed by atoms with Crippen molar-refractivity contribution in [1.29, 1.82) is 0 Å². The number of rotatable bonds is 6. The maximum absolute atomic E-state index is 11.8. The Balaban J connectivity index is 1.27. The van der Waals surface area contributed by atoms with Crippen LogP contribution in [0.4, 0.5) is 0 Å². The molecular weight excluding hydrogens is 352 g/mol. The zero-order valence-electron chi connectivity index (χ0n) is 16.8. The van der Waals surface area contributed by atoms with E-state index in [0.717, 1.165) is 55.0 Å². The van der Waals surface area contributed by atoms with Gasteiger partial charge in [-0.05, 0) is 55.2 Å². The molecule has 3 fully saturated rings. The van der Waals surface area contributed by atoms with Gasteiger partial charge in [0.15, 0.2) is 12.6 Å². The number of aliphatic imine (C=N–C) groups is 1. The Bertz CT molecular complexity index is 702. The predicted molar refractivity (Wildman–Crippen MR) is 110 cm³/mol. The quantitative estimate of drug-likeness (QED) is 0.584. The first kappa shape index (κ1) is 19.1. The molecule has 2 atom stereocenters. The third kappa shape index (κ3) is 4.97. The number of nitrogens with one attached hydrogen (secondary N) is 2. The van der Waals surface area contributed by atoms with Crippen LogP contribution < -0.4 is 15.4 Å². The van der Waals surface area contributed by atoms with Gasteiger partial charge in [0.2, 0.25) is 0 Å². The highest BCUT2D eigenvalue weighted by Crippen LogP contribution is 2.35. The molecule has 3 aliphatic rings. The number of amides is 1. The second-order valence-corrected chi connectivity index (χ2v) is 8.39. The summed E-state index contributed by atoms with van der Waals surface area (Å²) in [6, 6.07) is 8.30. The summed E-state index contributed by atoms with van der Waals surface area (Å²) in [6.07, 6.45) is 7.68. The Hall–Kier alpha value is -2.24. The Kier molecular flexibility index (Phi) is 6.03. The molecular formula is C22H32N4O2. The van der Waals surface area contributed by atoms with Crippen LogP contribution in [-0.4, -0.2) is 49.6 Å². The Morgan fingerprint density at radius 1 is 1.18 bits per heavy atom. The van der Waals surface area contributed by atoms with Crippen LogP contribution >= 0.6 is 0 Å². The van der Waals surface area contributed by atoms with Crippen molar-refractivity contribution in [2.75, 3.05) is 26.7 Å². The molecule has 0 radical (unpaired) electrons. The zero-order valence-corrected chi connectivity index (χ0v) is 16.8. The van der Waals surface area contributed by atoms with Gasteiger partial charge in [-0.15, -0.1) is 0 Å². The van der Waals surface area contributed by atoms with Crippen LogP contribution in [0.2, 0.25) is 0 Å². The molecule has 6 heteroatoms. The minimum Gasteiger partial charge on any atom is -0.484 e. The van der Waals surface area contributed by atoms with Gasteiger partial charge in [-0.1, -0.05) is 25.0 Å². The molecule has 28 heavy (non-hydrogen) atoms. The molecule has 2 saturated carbocycles. The highest BCUT2D eigenvalue weighted by Gasteiger charge is 2.35. The Labute approximate surface area is 167 Å². The molecule has 2 unspecified atom stereocenters. The fourth-order valence-electron chi connectivity index (χ4n) is 4.48. The van der Waals surface area contributed by atoms with Crippen molar-refractivity contribution in [3.8, 4) is 5.75 Å². The second-order valence-electron chi connectivity index (χ2n) is 8.39. The standard InChI is InChI=1S/C22H32N4O2/c1-23-22(26-13-17-6-2-3-7-18(17)14-26)24-12-16-5-4-8-20(11-16)28-15-21(27)25-19-9-10-19/h4-5,8,11,17-19H,2-3,6-7,9-10,12-15H2,1H3,(H,23,24)(H,25,27). The van der Waals surface area contributed by atoms with Gasteiger partial charge in [0, 0.05) is 32.7 Å². The van der Waals surface area contributed by atoms with Gasteiger partial charge in [0.1, 0.15) is 5.75 Å². The molecule has 1 aliphatic heterocycles. The van der Waals surface area contributed by atoms with Gasteiger partial charge in [-0.25, -0.2) is 0 Å². The molecule has 0 spiro atoms. The maximum atomic E-state index is 11.8. The minimum absolute atomic E-state index is 0.0399. The number of ether oxygens (including phenoxy) is 1. The SMILES string of the molecule is CN=C(NCc1cccc(OCC(=O)NC2CC2)c1)N1CC2CCCCC2C1. The minimum atomic E-state index is -0.0399. The van der Waals surface area contributed by atoms with Gasteiger partial charge in [0.05, 0.1) is 0 Å². The molecule has 6 nitrogen and oxygen atoms in total. The lowest BCUT2D eigenvalue weighted by molar-refractivity contribution is -0.123. The number of carbonyl (C=O) groups is 1. The molecule has 152 valence electrons. The largest absolute Gasteiger partial charge is 0.484 e. The van der Waals surface area contributed by atoms with Gasteiger partial charge >= 0.3 is 0 Å².